The highest BCUT2D eigenvalue weighted by Gasteiger charge is 2.01. The van der Waals surface area contributed by atoms with Gasteiger partial charge in [0.1, 0.15) is 0 Å². The van der Waals surface area contributed by atoms with Crippen LogP contribution in [0.5, 0.6) is 0 Å². The Balaban J connectivity index is 2.17. The van der Waals surface area contributed by atoms with E-state index in [1.807, 2.05) is 31.3 Å². The molecule has 3 rings (SSSR count). The lowest BCUT2D eigenvalue weighted by molar-refractivity contribution is 1.21. The summed E-state index contributed by atoms with van der Waals surface area (Å²) in [5.41, 5.74) is 4.09. The minimum atomic E-state index is 0.942. The molecule has 0 radical (unpaired) electrons. The highest BCUT2D eigenvalue weighted by Crippen LogP contribution is 2.20. The molecule has 1 aromatic carbocycles. The van der Waals surface area contributed by atoms with E-state index in [0.29, 0.717) is 0 Å². The van der Waals surface area contributed by atoms with Gasteiger partial charge in [-0.3, -0.25) is 4.98 Å². The Bertz CT molecular complexity index is 660. The van der Waals surface area contributed by atoms with Gasteiger partial charge in [-0.15, -0.1) is 0 Å². The van der Waals surface area contributed by atoms with Crippen LogP contribution in [0.25, 0.3) is 22.2 Å². The maximum atomic E-state index is 4.62. The van der Waals surface area contributed by atoms with E-state index in [-0.39, 0.29) is 0 Å². The predicted molar refractivity (Wildman–Crippen MR) is 69.7 cm³/mol. The van der Waals surface area contributed by atoms with Crippen LogP contribution in [0.2, 0.25) is 0 Å². The molecule has 0 bridgehead atoms. The van der Waals surface area contributed by atoms with Crippen molar-refractivity contribution in [2.45, 2.75) is 6.92 Å². The largest absolute Gasteiger partial charge is 0.259 e. The molecule has 0 aliphatic heterocycles. The lowest BCUT2D eigenvalue weighted by Crippen LogP contribution is -1.87. The first-order valence-electron chi connectivity index (χ1n) is 5.62. The third-order valence-corrected chi connectivity index (χ3v) is 2.78. The second kappa shape index (κ2) is 3.98. The Morgan fingerprint density at radius 1 is 0.941 bits per heavy atom. The van der Waals surface area contributed by atoms with E-state index in [1.165, 1.54) is 0 Å². The summed E-state index contributed by atoms with van der Waals surface area (Å²) in [7, 11) is 0. The first-order valence-corrected chi connectivity index (χ1v) is 5.62. The van der Waals surface area contributed by atoms with Gasteiger partial charge in [-0.05, 0) is 19.1 Å². The Kier molecular flexibility index (Phi) is 2.33. The Hall–Kier alpha value is -2.22. The maximum Gasteiger partial charge on any atom is 0.0892 e. The molecule has 17 heavy (non-hydrogen) atoms. The molecule has 0 aliphatic carbocycles. The van der Waals surface area contributed by atoms with Crippen molar-refractivity contribution in [3.63, 3.8) is 0 Å². The predicted octanol–water partition coefficient (Wildman–Crippen LogP) is 3.61. The molecular formula is C15H12N2. The van der Waals surface area contributed by atoms with Crippen molar-refractivity contribution in [3.8, 4) is 11.3 Å². The topological polar surface area (TPSA) is 25.8 Å². The highest BCUT2D eigenvalue weighted by molar-refractivity contribution is 5.81. The monoisotopic (exact) mass is 220 g/mol. The van der Waals surface area contributed by atoms with Crippen molar-refractivity contribution in [2.24, 2.45) is 0 Å². The van der Waals surface area contributed by atoms with Crippen LogP contribution in [0, 0.1) is 6.92 Å². The molecule has 0 aliphatic rings. The zero-order valence-electron chi connectivity index (χ0n) is 9.59. The molecule has 0 unspecified atom stereocenters. The molecule has 2 heteroatoms. The summed E-state index contributed by atoms with van der Waals surface area (Å²) in [4.78, 5) is 8.90. The van der Waals surface area contributed by atoms with Crippen LogP contribution >= 0.6 is 0 Å². The summed E-state index contributed by atoms with van der Waals surface area (Å²) in [5, 5.41) is 1.14. The summed E-state index contributed by atoms with van der Waals surface area (Å²) < 4.78 is 0. The number of fused-ring (bicyclic) bond motifs is 1. The SMILES string of the molecule is Cc1cc2ccc(-c3ccccc3)nc2cn1. The zero-order valence-corrected chi connectivity index (χ0v) is 9.59. The molecule has 0 atom stereocenters. The third kappa shape index (κ3) is 1.89. The minimum absolute atomic E-state index is 0.942. The summed E-state index contributed by atoms with van der Waals surface area (Å²) in [6, 6.07) is 16.4. The van der Waals surface area contributed by atoms with E-state index < -0.39 is 0 Å². The van der Waals surface area contributed by atoms with Crippen molar-refractivity contribution in [1.29, 1.82) is 0 Å². The number of aryl methyl sites for hydroxylation is 1. The van der Waals surface area contributed by atoms with Crippen molar-refractivity contribution < 1.29 is 0 Å². The third-order valence-electron chi connectivity index (χ3n) is 2.78. The zero-order chi connectivity index (χ0) is 11.7. The van der Waals surface area contributed by atoms with Crippen molar-refractivity contribution in [1.82, 2.24) is 9.97 Å². The highest BCUT2D eigenvalue weighted by atomic mass is 14.7. The van der Waals surface area contributed by atoms with Gasteiger partial charge in [0, 0.05) is 16.6 Å². The van der Waals surface area contributed by atoms with E-state index in [1.54, 1.807) is 0 Å². The number of benzene rings is 1. The molecule has 0 amide bonds. The Morgan fingerprint density at radius 3 is 2.59 bits per heavy atom. The van der Waals surface area contributed by atoms with Crippen molar-refractivity contribution in [3.05, 3.63) is 60.4 Å². The normalized spacial score (nSPS) is 10.6. The quantitative estimate of drug-likeness (QED) is 0.626. The van der Waals surface area contributed by atoms with Crippen molar-refractivity contribution in [2.75, 3.05) is 0 Å². The van der Waals surface area contributed by atoms with Gasteiger partial charge in [-0.2, -0.15) is 0 Å². The fraction of sp³-hybridized carbons (Fsp3) is 0.0667. The molecule has 82 valence electrons. The number of aromatic nitrogens is 2. The van der Waals surface area contributed by atoms with Gasteiger partial charge in [0.2, 0.25) is 0 Å². The molecule has 3 aromatic rings. The van der Waals surface area contributed by atoms with Gasteiger partial charge in [-0.1, -0.05) is 36.4 Å². The standard InChI is InChI=1S/C15H12N2/c1-11-9-13-7-8-14(17-15(13)10-16-11)12-5-3-2-4-6-12/h2-10H,1H3. The van der Waals surface area contributed by atoms with E-state index in [2.05, 4.69) is 40.3 Å². The van der Waals surface area contributed by atoms with E-state index in [4.69, 9.17) is 0 Å². The summed E-state index contributed by atoms with van der Waals surface area (Å²) in [6.07, 6.45) is 1.83. The fourth-order valence-electron chi connectivity index (χ4n) is 1.91. The van der Waals surface area contributed by atoms with Gasteiger partial charge in [0.15, 0.2) is 0 Å². The Labute approximate surface area is 100.0 Å². The number of rotatable bonds is 1. The van der Waals surface area contributed by atoms with E-state index in [0.717, 1.165) is 27.9 Å². The van der Waals surface area contributed by atoms with Gasteiger partial charge < -0.3 is 0 Å². The molecule has 2 nitrogen and oxygen atoms in total. The fourth-order valence-corrected chi connectivity index (χ4v) is 1.91. The number of hydrogen-bond acceptors (Lipinski definition) is 2. The molecule has 0 N–H and O–H groups in total. The summed E-state index contributed by atoms with van der Waals surface area (Å²) >= 11 is 0. The van der Waals surface area contributed by atoms with Crippen LogP contribution in [-0.4, -0.2) is 9.97 Å². The van der Waals surface area contributed by atoms with Crippen molar-refractivity contribution >= 4 is 10.9 Å². The molecule has 0 saturated heterocycles. The lowest BCUT2D eigenvalue weighted by atomic mass is 10.1. The second-order valence-corrected chi connectivity index (χ2v) is 4.08. The smallest absolute Gasteiger partial charge is 0.0892 e. The van der Waals surface area contributed by atoms with Crippen LogP contribution in [0.3, 0.4) is 0 Å². The Morgan fingerprint density at radius 2 is 1.76 bits per heavy atom. The van der Waals surface area contributed by atoms with E-state index >= 15 is 0 Å². The van der Waals surface area contributed by atoms with Gasteiger partial charge >= 0.3 is 0 Å². The molecule has 2 aromatic heterocycles. The number of hydrogen-bond donors (Lipinski definition) is 0. The van der Waals surface area contributed by atoms with Crippen LogP contribution in [0.15, 0.2) is 54.7 Å². The lowest BCUT2D eigenvalue weighted by Gasteiger charge is -2.03. The average molecular weight is 220 g/mol. The maximum absolute atomic E-state index is 4.62. The molecular weight excluding hydrogens is 208 g/mol. The van der Waals surface area contributed by atoms with Crippen LogP contribution < -0.4 is 0 Å². The molecule has 0 saturated carbocycles. The summed E-state index contributed by atoms with van der Waals surface area (Å²) in [6.45, 7) is 1.99. The van der Waals surface area contributed by atoms with Crippen LogP contribution in [0.4, 0.5) is 0 Å². The number of pyridine rings is 2. The van der Waals surface area contributed by atoms with Gasteiger partial charge in [0.05, 0.1) is 17.4 Å². The van der Waals surface area contributed by atoms with Gasteiger partial charge in [0.25, 0.3) is 0 Å². The van der Waals surface area contributed by atoms with Gasteiger partial charge in [-0.25, -0.2) is 4.98 Å². The van der Waals surface area contributed by atoms with Crippen LogP contribution in [-0.2, 0) is 0 Å². The van der Waals surface area contributed by atoms with E-state index in [9.17, 15) is 0 Å². The molecule has 0 fully saturated rings. The molecule has 0 spiro atoms. The molecule has 2 heterocycles. The minimum Gasteiger partial charge on any atom is -0.259 e. The summed E-state index contributed by atoms with van der Waals surface area (Å²) in [5.74, 6) is 0. The van der Waals surface area contributed by atoms with Crippen LogP contribution in [0.1, 0.15) is 5.69 Å². The first-order chi connectivity index (χ1) is 8.33. The first kappa shape index (κ1) is 9.97. The second-order valence-electron chi connectivity index (χ2n) is 4.08. The number of nitrogens with zero attached hydrogens (tertiary/aromatic N) is 2. The average Bonchev–Trinajstić information content (AvgIpc) is 2.39.